The molecule has 0 aliphatic carbocycles. The van der Waals surface area contributed by atoms with E-state index in [-0.39, 0.29) is 13.4 Å². The Bertz CT molecular complexity index is 4090. The molecule has 374 valence electrons. The molecule has 78 heavy (non-hydrogen) atoms. The van der Waals surface area contributed by atoms with Crippen LogP contribution in [0, 0.1) is 69.2 Å². The largest absolute Gasteiger partial charge is 0.311 e. The van der Waals surface area contributed by atoms with Crippen molar-refractivity contribution in [1.82, 2.24) is 0 Å². The summed E-state index contributed by atoms with van der Waals surface area (Å²) in [7, 11) is 0. The van der Waals surface area contributed by atoms with Gasteiger partial charge in [-0.25, -0.2) is 0 Å². The Kier molecular flexibility index (Phi) is 11.0. The van der Waals surface area contributed by atoms with Gasteiger partial charge in [0.05, 0.1) is 11.4 Å². The number of rotatable bonds is 6. The molecule has 12 aromatic carbocycles. The van der Waals surface area contributed by atoms with E-state index in [2.05, 4.69) is 273 Å². The number of hydrogen-bond donors (Lipinski definition) is 0. The Morgan fingerprint density at radius 3 is 1.32 bits per heavy atom. The predicted octanol–water partition coefficient (Wildman–Crippen LogP) is 15.6. The molecular formula is C74H62B2N2. The zero-order chi connectivity index (χ0) is 53.4. The minimum Gasteiger partial charge on any atom is -0.311 e. The molecule has 2 aliphatic heterocycles. The van der Waals surface area contributed by atoms with Crippen molar-refractivity contribution in [2.24, 2.45) is 0 Å². The average molecular weight is 1000 g/mol. The molecule has 0 radical (unpaired) electrons. The van der Waals surface area contributed by atoms with Gasteiger partial charge in [0.15, 0.2) is 0 Å². The second-order valence-corrected chi connectivity index (χ2v) is 22.8. The Balaban J connectivity index is 1.27. The van der Waals surface area contributed by atoms with Crippen molar-refractivity contribution >= 4 is 113 Å². The lowest BCUT2D eigenvalue weighted by atomic mass is 9.32. The van der Waals surface area contributed by atoms with E-state index in [1.165, 1.54) is 171 Å². The molecule has 2 aliphatic rings. The standard InChI is InChI=1S/C74H62B2N2/c1-43-39-49(7)69(50(8)40-43)76-60-32-18-19-33-61(60)77(54-29-15-12-16-30-54)73-58-38-36-56-65-57(37-35-55(66(58)65)67(71(73)76)63-45(3)23-21-24-46(63)4)70-74(68(56)64-47(5)25-22-26-48(64)6)78(72-51(9)41-44(2)42-52(72)10)62-34-20-17-31-59(62)75(70)53-27-13-11-14-28-53/h11-42H,1-10H3. The van der Waals surface area contributed by atoms with Gasteiger partial charge in [-0.15, -0.1) is 0 Å². The Labute approximate surface area is 461 Å². The summed E-state index contributed by atoms with van der Waals surface area (Å²) in [6.07, 6.45) is 0. The number of fused-ring (bicyclic) bond motifs is 6. The molecule has 0 N–H and O–H groups in total. The van der Waals surface area contributed by atoms with Crippen molar-refractivity contribution < 1.29 is 0 Å². The highest BCUT2D eigenvalue weighted by atomic mass is 15.2. The summed E-state index contributed by atoms with van der Waals surface area (Å²) in [6.45, 7) is 23.0. The van der Waals surface area contributed by atoms with Crippen LogP contribution in [0.2, 0.25) is 0 Å². The number of aryl methyl sites for hydroxylation is 10. The molecule has 0 amide bonds. The van der Waals surface area contributed by atoms with E-state index in [1.54, 1.807) is 0 Å². The van der Waals surface area contributed by atoms with Crippen LogP contribution in [-0.2, 0) is 0 Å². The van der Waals surface area contributed by atoms with Crippen LogP contribution in [0.1, 0.15) is 55.6 Å². The highest BCUT2D eigenvalue weighted by molar-refractivity contribution is 7.00. The smallest absolute Gasteiger partial charge is 0.248 e. The van der Waals surface area contributed by atoms with Crippen LogP contribution < -0.4 is 42.6 Å². The van der Waals surface area contributed by atoms with Gasteiger partial charge in [-0.2, -0.15) is 0 Å². The summed E-state index contributed by atoms with van der Waals surface area (Å²) in [6, 6.07) is 74.5. The topological polar surface area (TPSA) is 6.48 Å². The van der Waals surface area contributed by atoms with Crippen molar-refractivity contribution in [1.29, 1.82) is 0 Å². The van der Waals surface area contributed by atoms with Crippen LogP contribution in [0.15, 0.2) is 194 Å². The van der Waals surface area contributed by atoms with Crippen molar-refractivity contribution in [2.45, 2.75) is 69.2 Å². The van der Waals surface area contributed by atoms with Crippen LogP contribution >= 0.6 is 0 Å². The molecule has 0 aromatic heterocycles. The first-order valence-corrected chi connectivity index (χ1v) is 27.9. The summed E-state index contributed by atoms with van der Waals surface area (Å²) < 4.78 is 0. The van der Waals surface area contributed by atoms with E-state index in [9.17, 15) is 0 Å². The molecule has 4 heteroatoms. The van der Waals surface area contributed by atoms with Gasteiger partial charge in [-0.3, -0.25) is 0 Å². The molecule has 0 atom stereocenters. The predicted molar refractivity (Wildman–Crippen MR) is 340 cm³/mol. The Hall–Kier alpha value is -8.59. The first kappa shape index (κ1) is 47.8. The van der Waals surface area contributed by atoms with Crippen LogP contribution in [-0.4, -0.2) is 13.4 Å². The fourth-order valence-corrected chi connectivity index (χ4v) is 15.1. The minimum atomic E-state index is -0.0658. The molecule has 0 fully saturated rings. The fourth-order valence-electron chi connectivity index (χ4n) is 15.1. The van der Waals surface area contributed by atoms with E-state index < -0.39 is 0 Å². The number of nitrogens with zero attached hydrogens (tertiary/aromatic N) is 2. The highest BCUT2D eigenvalue weighted by Crippen LogP contribution is 2.54. The summed E-state index contributed by atoms with van der Waals surface area (Å²) in [5, 5.41) is 7.75. The number of benzene rings is 12. The third kappa shape index (κ3) is 6.91. The van der Waals surface area contributed by atoms with E-state index in [0.717, 1.165) is 5.69 Å². The van der Waals surface area contributed by atoms with Gasteiger partial charge >= 0.3 is 0 Å². The van der Waals surface area contributed by atoms with Gasteiger partial charge in [0, 0.05) is 39.1 Å². The van der Waals surface area contributed by atoms with E-state index in [1.807, 2.05) is 0 Å². The fraction of sp³-hybridized carbons (Fsp3) is 0.135. The zero-order valence-corrected chi connectivity index (χ0v) is 46.5. The maximum atomic E-state index is 2.68. The van der Waals surface area contributed by atoms with Crippen LogP contribution in [0.5, 0.6) is 0 Å². The highest BCUT2D eigenvalue weighted by Gasteiger charge is 2.44. The van der Waals surface area contributed by atoms with Crippen LogP contribution in [0.4, 0.5) is 34.1 Å². The van der Waals surface area contributed by atoms with Crippen molar-refractivity contribution in [3.63, 3.8) is 0 Å². The Morgan fingerprint density at radius 1 is 0.282 bits per heavy atom. The molecule has 2 nitrogen and oxygen atoms in total. The van der Waals surface area contributed by atoms with Crippen molar-refractivity contribution in [2.75, 3.05) is 9.80 Å². The molecule has 0 unspecified atom stereocenters. The van der Waals surface area contributed by atoms with Gasteiger partial charge in [0.1, 0.15) is 0 Å². The summed E-state index contributed by atoms with van der Waals surface area (Å²) in [5.74, 6) is 0. The molecule has 2 heterocycles. The lowest BCUT2D eigenvalue weighted by molar-refractivity contribution is 1.21. The number of hydrogen-bond acceptors (Lipinski definition) is 2. The van der Waals surface area contributed by atoms with Gasteiger partial charge < -0.3 is 9.80 Å². The minimum absolute atomic E-state index is 0.0564. The number of para-hydroxylation sites is 3. The summed E-state index contributed by atoms with van der Waals surface area (Å²) >= 11 is 0. The summed E-state index contributed by atoms with van der Waals surface area (Å²) in [4.78, 5) is 5.30. The van der Waals surface area contributed by atoms with Gasteiger partial charge in [0.25, 0.3) is 0 Å². The van der Waals surface area contributed by atoms with Crippen LogP contribution in [0.25, 0.3) is 54.6 Å². The molecule has 0 saturated carbocycles. The quantitative estimate of drug-likeness (QED) is 0.121. The van der Waals surface area contributed by atoms with Gasteiger partial charge in [-0.05, 0) is 187 Å². The zero-order valence-electron chi connectivity index (χ0n) is 46.5. The Morgan fingerprint density at radius 2 is 0.731 bits per heavy atom. The maximum absolute atomic E-state index is 2.68. The first-order chi connectivity index (χ1) is 37.9. The van der Waals surface area contributed by atoms with Crippen LogP contribution in [0.3, 0.4) is 0 Å². The first-order valence-electron chi connectivity index (χ1n) is 27.9. The van der Waals surface area contributed by atoms with E-state index in [0.29, 0.717) is 0 Å². The van der Waals surface area contributed by atoms with E-state index in [4.69, 9.17) is 0 Å². The molecule has 0 spiro atoms. The summed E-state index contributed by atoms with van der Waals surface area (Å²) in [5.41, 5.74) is 33.5. The second-order valence-electron chi connectivity index (χ2n) is 22.8. The SMILES string of the molecule is Cc1cc(C)c(B2c3ccccc3N(c3ccccc3)c3c2c(-c2c(C)cccc2C)c2ccc4c5c(c(-c6c(C)cccc6C)c6ccc3c2c46)N(c2c(C)cc(C)cc2C)c2ccccc2B5c2ccccc2)c(C)c1. The van der Waals surface area contributed by atoms with Crippen molar-refractivity contribution in [3.05, 3.63) is 250 Å². The molecule has 14 rings (SSSR count). The molecule has 0 bridgehead atoms. The lowest BCUT2D eigenvalue weighted by Crippen LogP contribution is -2.59. The van der Waals surface area contributed by atoms with E-state index >= 15 is 0 Å². The molecule has 12 aromatic rings. The molecular weight excluding hydrogens is 938 g/mol. The third-order valence-corrected chi connectivity index (χ3v) is 17.8. The lowest BCUT2D eigenvalue weighted by Gasteiger charge is -2.42. The third-order valence-electron chi connectivity index (χ3n) is 17.8. The normalized spacial score (nSPS) is 12.9. The maximum Gasteiger partial charge on any atom is 0.248 e. The monoisotopic (exact) mass is 1000 g/mol. The average Bonchev–Trinajstić information content (AvgIpc) is 2.03. The molecule has 0 saturated heterocycles. The van der Waals surface area contributed by atoms with Crippen molar-refractivity contribution in [3.8, 4) is 22.3 Å². The second kappa shape index (κ2) is 18.0. The number of anilines is 6. The van der Waals surface area contributed by atoms with Gasteiger partial charge in [0.2, 0.25) is 13.4 Å². The van der Waals surface area contributed by atoms with Gasteiger partial charge in [-0.1, -0.05) is 203 Å².